The summed E-state index contributed by atoms with van der Waals surface area (Å²) in [6.07, 6.45) is 7.64. The zero-order valence-corrected chi connectivity index (χ0v) is 14.4. The minimum absolute atomic E-state index is 0.400. The number of piperazine rings is 1. The number of nitrogens with one attached hydrogen (secondary N) is 1. The maximum atomic E-state index is 4.67. The van der Waals surface area contributed by atoms with Crippen molar-refractivity contribution in [1.82, 2.24) is 24.7 Å². The Kier molecular flexibility index (Phi) is 5.16. The summed E-state index contributed by atoms with van der Waals surface area (Å²) in [5, 5.41) is 3.36. The SMILES string of the molecule is CNCC(c1ncn(C)c1C)N1CCN(C2CCCC2)CC1. The van der Waals surface area contributed by atoms with E-state index in [0.29, 0.717) is 6.04 Å². The van der Waals surface area contributed by atoms with Gasteiger partial charge in [-0.15, -0.1) is 0 Å². The Balaban J connectivity index is 1.65. The summed E-state index contributed by atoms with van der Waals surface area (Å²) in [7, 11) is 4.13. The smallest absolute Gasteiger partial charge is 0.0949 e. The van der Waals surface area contributed by atoms with Crippen LogP contribution in [0.4, 0.5) is 0 Å². The van der Waals surface area contributed by atoms with Crippen molar-refractivity contribution < 1.29 is 0 Å². The lowest BCUT2D eigenvalue weighted by Crippen LogP contribution is -2.51. The van der Waals surface area contributed by atoms with Crippen molar-refractivity contribution in [2.24, 2.45) is 7.05 Å². The molecule has 0 bridgehead atoms. The van der Waals surface area contributed by atoms with Crippen LogP contribution in [0.3, 0.4) is 0 Å². The number of rotatable bonds is 5. The van der Waals surface area contributed by atoms with Gasteiger partial charge in [0.1, 0.15) is 0 Å². The van der Waals surface area contributed by atoms with Gasteiger partial charge in [-0.1, -0.05) is 12.8 Å². The largest absolute Gasteiger partial charge is 0.338 e. The molecule has 1 aromatic heterocycles. The van der Waals surface area contributed by atoms with Crippen LogP contribution in [0.5, 0.6) is 0 Å². The zero-order chi connectivity index (χ0) is 15.5. The number of hydrogen-bond acceptors (Lipinski definition) is 4. The Bertz CT molecular complexity index is 469. The first-order valence-electron chi connectivity index (χ1n) is 8.81. The fourth-order valence-corrected chi connectivity index (χ4v) is 4.11. The Hall–Kier alpha value is -0.910. The molecular weight excluding hydrogens is 274 g/mol. The van der Waals surface area contributed by atoms with Crippen LogP contribution in [0, 0.1) is 6.92 Å². The van der Waals surface area contributed by atoms with Crippen LogP contribution >= 0.6 is 0 Å². The minimum Gasteiger partial charge on any atom is -0.338 e. The van der Waals surface area contributed by atoms with Gasteiger partial charge in [-0.05, 0) is 26.8 Å². The molecule has 2 fully saturated rings. The molecule has 2 heterocycles. The predicted molar refractivity (Wildman–Crippen MR) is 90.0 cm³/mol. The zero-order valence-electron chi connectivity index (χ0n) is 14.4. The van der Waals surface area contributed by atoms with Gasteiger partial charge in [-0.2, -0.15) is 0 Å². The van der Waals surface area contributed by atoms with Gasteiger partial charge in [0, 0.05) is 51.5 Å². The van der Waals surface area contributed by atoms with E-state index in [-0.39, 0.29) is 0 Å². The molecule has 1 N–H and O–H groups in total. The van der Waals surface area contributed by atoms with E-state index in [4.69, 9.17) is 0 Å². The number of nitrogens with zero attached hydrogens (tertiary/aromatic N) is 4. The summed E-state index contributed by atoms with van der Waals surface area (Å²) in [5.41, 5.74) is 2.53. The minimum atomic E-state index is 0.400. The Morgan fingerprint density at radius 1 is 1.23 bits per heavy atom. The number of imidazole rings is 1. The molecule has 1 aliphatic carbocycles. The first-order chi connectivity index (χ1) is 10.7. The lowest BCUT2D eigenvalue weighted by molar-refractivity contribution is 0.0689. The van der Waals surface area contributed by atoms with Crippen molar-refractivity contribution in [3.63, 3.8) is 0 Å². The number of likely N-dealkylation sites (N-methyl/N-ethyl adjacent to an activating group) is 1. The van der Waals surface area contributed by atoms with Crippen LogP contribution in [0.2, 0.25) is 0 Å². The molecule has 1 saturated carbocycles. The van der Waals surface area contributed by atoms with Crippen molar-refractivity contribution in [2.75, 3.05) is 39.8 Å². The van der Waals surface area contributed by atoms with E-state index in [1.165, 1.54) is 63.3 Å². The first-order valence-corrected chi connectivity index (χ1v) is 8.81. The first kappa shape index (κ1) is 16.0. The lowest BCUT2D eigenvalue weighted by Gasteiger charge is -2.41. The van der Waals surface area contributed by atoms with E-state index >= 15 is 0 Å². The van der Waals surface area contributed by atoms with E-state index in [2.05, 4.69) is 38.6 Å². The van der Waals surface area contributed by atoms with Crippen molar-refractivity contribution in [1.29, 1.82) is 0 Å². The second-order valence-corrected chi connectivity index (χ2v) is 6.91. The van der Waals surface area contributed by atoms with Crippen molar-refractivity contribution in [2.45, 2.75) is 44.7 Å². The Labute approximate surface area is 134 Å². The molecular formula is C17H31N5. The van der Waals surface area contributed by atoms with E-state index in [0.717, 1.165) is 12.6 Å². The van der Waals surface area contributed by atoms with Gasteiger partial charge in [-0.25, -0.2) is 4.98 Å². The highest BCUT2D eigenvalue weighted by Crippen LogP contribution is 2.27. The summed E-state index contributed by atoms with van der Waals surface area (Å²) < 4.78 is 2.13. The van der Waals surface area contributed by atoms with Gasteiger partial charge in [0.2, 0.25) is 0 Å². The second kappa shape index (κ2) is 7.11. The molecule has 5 heteroatoms. The van der Waals surface area contributed by atoms with Crippen LogP contribution in [-0.2, 0) is 7.05 Å². The van der Waals surface area contributed by atoms with Crippen LogP contribution in [0.1, 0.15) is 43.1 Å². The highest BCUT2D eigenvalue weighted by Gasteiger charge is 2.30. The van der Waals surface area contributed by atoms with Gasteiger partial charge in [0.15, 0.2) is 0 Å². The van der Waals surface area contributed by atoms with Crippen LogP contribution in [-0.4, -0.2) is 65.2 Å². The third-order valence-corrected chi connectivity index (χ3v) is 5.61. The third-order valence-electron chi connectivity index (χ3n) is 5.61. The third kappa shape index (κ3) is 3.21. The monoisotopic (exact) mass is 305 g/mol. The van der Waals surface area contributed by atoms with Crippen molar-refractivity contribution in [3.8, 4) is 0 Å². The molecule has 1 aliphatic heterocycles. The fraction of sp³-hybridized carbons (Fsp3) is 0.824. The van der Waals surface area contributed by atoms with E-state index in [1.807, 2.05) is 13.4 Å². The van der Waals surface area contributed by atoms with E-state index in [9.17, 15) is 0 Å². The van der Waals surface area contributed by atoms with Gasteiger partial charge >= 0.3 is 0 Å². The average Bonchev–Trinajstić information content (AvgIpc) is 3.18. The van der Waals surface area contributed by atoms with Gasteiger partial charge in [-0.3, -0.25) is 9.80 Å². The molecule has 0 spiro atoms. The highest BCUT2D eigenvalue weighted by molar-refractivity contribution is 5.16. The summed E-state index contributed by atoms with van der Waals surface area (Å²) in [6.45, 7) is 7.92. The quantitative estimate of drug-likeness (QED) is 0.895. The molecule has 1 atom stereocenters. The van der Waals surface area contributed by atoms with Crippen molar-refractivity contribution >= 4 is 0 Å². The lowest BCUT2D eigenvalue weighted by atomic mass is 10.1. The summed E-state index contributed by atoms with van der Waals surface area (Å²) >= 11 is 0. The van der Waals surface area contributed by atoms with E-state index in [1.54, 1.807) is 0 Å². The van der Waals surface area contributed by atoms with Crippen LogP contribution in [0.25, 0.3) is 0 Å². The Morgan fingerprint density at radius 3 is 2.45 bits per heavy atom. The molecule has 22 heavy (non-hydrogen) atoms. The Morgan fingerprint density at radius 2 is 1.91 bits per heavy atom. The van der Waals surface area contributed by atoms with Crippen LogP contribution in [0.15, 0.2) is 6.33 Å². The van der Waals surface area contributed by atoms with Gasteiger partial charge in [0.05, 0.1) is 18.1 Å². The molecule has 0 amide bonds. The highest BCUT2D eigenvalue weighted by atomic mass is 15.3. The molecule has 124 valence electrons. The second-order valence-electron chi connectivity index (χ2n) is 6.91. The van der Waals surface area contributed by atoms with E-state index < -0.39 is 0 Å². The maximum Gasteiger partial charge on any atom is 0.0949 e. The molecule has 5 nitrogen and oxygen atoms in total. The number of aromatic nitrogens is 2. The standard InChI is InChI=1S/C17H31N5/c1-14-17(19-13-20(14)3)16(12-18-2)22-10-8-21(9-11-22)15-6-4-5-7-15/h13,15-16,18H,4-12H2,1-3H3. The molecule has 1 unspecified atom stereocenters. The van der Waals surface area contributed by atoms with Crippen LogP contribution < -0.4 is 5.32 Å². The number of hydrogen-bond donors (Lipinski definition) is 1. The molecule has 0 radical (unpaired) electrons. The van der Waals surface area contributed by atoms with Gasteiger partial charge < -0.3 is 9.88 Å². The molecule has 2 aliphatic rings. The topological polar surface area (TPSA) is 36.3 Å². The predicted octanol–water partition coefficient (Wildman–Crippen LogP) is 1.55. The molecule has 3 rings (SSSR count). The number of aryl methyl sites for hydroxylation is 1. The maximum absolute atomic E-state index is 4.67. The van der Waals surface area contributed by atoms with Crippen molar-refractivity contribution in [3.05, 3.63) is 17.7 Å². The normalized spacial score (nSPS) is 23.2. The fourth-order valence-electron chi connectivity index (χ4n) is 4.11. The molecule has 1 saturated heterocycles. The van der Waals surface area contributed by atoms with Gasteiger partial charge in [0.25, 0.3) is 0 Å². The average molecular weight is 305 g/mol. The summed E-state index contributed by atoms with van der Waals surface area (Å²) in [5.74, 6) is 0. The molecule has 0 aromatic carbocycles. The molecule has 1 aromatic rings. The summed E-state index contributed by atoms with van der Waals surface area (Å²) in [6, 6.07) is 1.26. The summed E-state index contributed by atoms with van der Waals surface area (Å²) in [4.78, 5) is 10.0.